The molecule has 0 radical (unpaired) electrons. The number of halogens is 1. The first kappa shape index (κ1) is 22.0. The smallest absolute Gasteiger partial charge is 0.245 e. The lowest BCUT2D eigenvalue weighted by Gasteiger charge is -2.41. The Bertz CT molecular complexity index is 1010. The topological polar surface area (TPSA) is 60.9 Å². The maximum absolute atomic E-state index is 14.1. The van der Waals surface area contributed by atoms with Crippen LogP contribution in [-0.4, -0.2) is 71.2 Å². The van der Waals surface area contributed by atoms with Crippen LogP contribution in [0.2, 0.25) is 0 Å². The van der Waals surface area contributed by atoms with Gasteiger partial charge >= 0.3 is 0 Å². The van der Waals surface area contributed by atoms with Gasteiger partial charge in [-0.3, -0.25) is 14.4 Å². The summed E-state index contributed by atoms with van der Waals surface area (Å²) in [6, 6.07) is 13.4. The van der Waals surface area contributed by atoms with E-state index in [4.69, 9.17) is 0 Å². The van der Waals surface area contributed by atoms with E-state index < -0.39 is 6.04 Å². The standard InChI is InChI=1S/C25H28FN3O3/c1-2-27-14-15-29(24(31)17-28-13-5-8-23(28)30)22(25(27)32)16-18-9-11-19(12-10-18)20-6-3-4-7-21(20)26/h3-4,6-7,9-12,22H,2,5,8,13-17H2,1H3. The fourth-order valence-corrected chi connectivity index (χ4v) is 4.51. The molecular weight excluding hydrogens is 409 g/mol. The monoisotopic (exact) mass is 437 g/mol. The van der Waals surface area contributed by atoms with E-state index in [2.05, 4.69) is 0 Å². The molecule has 0 bridgehead atoms. The summed E-state index contributed by atoms with van der Waals surface area (Å²) in [6.45, 7) is 4.10. The zero-order valence-electron chi connectivity index (χ0n) is 18.3. The molecule has 2 aliphatic rings. The van der Waals surface area contributed by atoms with E-state index in [1.54, 1.807) is 32.9 Å². The quantitative estimate of drug-likeness (QED) is 0.698. The van der Waals surface area contributed by atoms with Gasteiger partial charge in [-0.1, -0.05) is 42.5 Å². The number of amides is 3. The highest BCUT2D eigenvalue weighted by Gasteiger charge is 2.38. The predicted molar refractivity (Wildman–Crippen MR) is 119 cm³/mol. The third-order valence-electron chi connectivity index (χ3n) is 6.35. The molecule has 168 valence electrons. The molecule has 6 nitrogen and oxygen atoms in total. The molecule has 2 aromatic rings. The second-order valence-electron chi connectivity index (χ2n) is 8.32. The van der Waals surface area contributed by atoms with Crippen LogP contribution in [0.15, 0.2) is 48.5 Å². The van der Waals surface area contributed by atoms with E-state index >= 15 is 0 Å². The van der Waals surface area contributed by atoms with Crippen LogP contribution in [0.1, 0.15) is 25.3 Å². The Morgan fingerprint density at radius 1 is 1.00 bits per heavy atom. The summed E-state index contributed by atoms with van der Waals surface area (Å²) in [4.78, 5) is 43.1. The molecule has 32 heavy (non-hydrogen) atoms. The molecule has 4 rings (SSSR count). The molecular formula is C25H28FN3O3. The SMILES string of the molecule is CCN1CCN(C(=O)CN2CCCC2=O)C(Cc2ccc(-c3ccccc3F)cc2)C1=O. The number of hydrogen-bond donors (Lipinski definition) is 0. The average Bonchev–Trinajstić information content (AvgIpc) is 3.20. The van der Waals surface area contributed by atoms with Crippen molar-refractivity contribution in [3.8, 4) is 11.1 Å². The molecule has 2 fully saturated rings. The third-order valence-corrected chi connectivity index (χ3v) is 6.35. The molecule has 0 aromatic heterocycles. The number of piperazine rings is 1. The van der Waals surface area contributed by atoms with Gasteiger partial charge in [0.1, 0.15) is 11.9 Å². The van der Waals surface area contributed by atoms with Crippen LogP contribution >= 0.6 is 0 Å². The van der Waals surface area contributed by atoms with Gasteiger partial charge in [-0.2, -0.15) is 0 Å². The van der Waals surface area contributed by atoms with Crippen LogP contribution in [0, 0.1) is 5.82 Å². The van der Waals surface area contributed by atoms with Crippen LogP contribution in [0.25, 0.3) is 11.1 Å². The molecule has 2 aromatic carbocycles. The number of nitrogens with zero attached hydrogens (tertiary/aromatic N) is 3. The normalized spacial score (nSPS) is 19.1. The minimum Gasteiger partial charge on any atom is -0.339 e. The van der Waals surface area contributed by atoms with E-state index in [9.17, 15) is 18.8 Å². The molecule has 7 heteroatoms. The number of hydrogen-bond acceptors (Lipinski definition) is 3. The Hall–Kier alpha value is -3.22. The number of benzene rings is 2. The number of carbonyl (C=O) groups is 3. The van der Waals surface area contributed by atoms with Crippen molar-refractivity contribution < 1.29 is 18.8 Å². The summed E-state index contributed by atoms with van der Waals surface area (Å²) in [5.74, 6) is -0.540. The van der Waals surface area contributed by atoms with E-state index in [1.165, 1.54) is 6.07 Å². The van der Waals surface area contributed by atoms with Crippen molar-refractivity contribution in [3.05, 3.63) is 59.9 Å². The summed E-state index contributed by atoms with van der Waals surface area (Å²) in [7, 11) is 0. The summed E-state index contributed by atoms with van der Waals surface area (Å²) < 4.78 is 14.1. The van der Waals surface area contributed by atoms with Crippen molar-refractivity contribution in [3.63, 3.8) is 0 Å². The number of rotatable bonds is 6. The highest BCUT2D eigenvalue weighted by atomic mass is 19.1. The summed E-state index contributed by atoms with van der Waals surface area (Å²) in [5, 5.41) is 0. The van der Waals surface area contributed by atoms with Crippen molar-refractivity contribution >= 4 is 17.7 Å². The number of likely N-dealkylation sites (N-methyl/N-ethyl adjacent to an activating group) is 1. The maximum atomic E-state index is 14.1. The molecule has 2 heterocycles. The average molecular weight is 438 g/mol. The van der Waals surface area contributed by atoms with Gasteiger partial charge in [-0.15, -0.1) is 0 Å². The van der Waals surface area contributed by atoms with Crippen LogP contribution in [0.3, 0.4) is 0 Å². The summed E-state index contributed by atoms with van der Waals surface area (Å²) in [5.41, 5.74) is 2.19. The Balaban J connectivity index is 1.52. The lowest BCUT2D eigenvalue weighted by molar-refractivity contribution is -0.152. The van der Waals surface area contributed by atoms with Crippen LogP contribution in [0.4, 0.5) is 4.39 Å². The molecule has 2 saturated heterocycles. The Labute approximate surface area is 187 Å². The first-order valence-corrected chi connectivity index (χ1v) is 11.2. The molecule has 2 aliphatic heterocycles. The second kappa shape index (κ2) is 9.51. The first-order chi connectivity index (χ1) is 15.5. The molecule has 0 saturated carbocycles. The van der Waals surface area contributed by atoms with Gasteiger partial charge in [0.15, 0.2) is 0 Å². The Morgan fingerprint density at radius 3 is 2.41 bits per heavy atom. The second-order valence-corrected chi connectivity index (χ2v) is 8.32. The molecule has 0 aliphatic carbocycles. The number of likely N-dealkylation sites (tertiary alicyclic amines) is 1. The van der Waals surface area contributed by atoms with Crippen molar-refractivity contribution in [1.82, 2.24) is 14.7 Å². The van der Waals surface area contributed by atoms with Gasteiger partial charge in [0.25, 0.3) is 0 Å². The van der Waals surface area contributed by atoms with E-state index in [1.807, 2.05) is 31.2 Å². The molecule has 0 spiro atoms. The van der Waals surface area contributed by atoms with Crippen LogP contribution in [-0.2, 0) is 20.8 Å². The van der Waals surface area contributed by atoms with Crippen molar-refractivity contribution in [2.45, 2.75) is 32.2 Å². The molecule has 0 N–H and O–H groups in total. The Morgan fingerprint density at radius 2 is 1.75 bits per heavy atom. The van der Waals surface area contributed by atoms with Gasteiger partial charge in [0, 0.05) is 44.6 Å². The van der Waals surface area contributed by atoms with Gasteiger partial charge < -0.3 is 14.7 Å². The highest BCUT2D eigenvalue weighted by Crippen LogP contribution is 2.24. The maximum Gasteiger partial charge on any atom is 0.245 e. The lowest BCUT2D eigenvalue weighted by Crippen LogP contribution is -2.60. The fourth-order valence-electron chi connectivity index (χ4n) is 4.51. The first-order valence-electron chi connectivity index (χ1n) is 11.2. The summed E-state index contributed by atoms with van der Waals surface area (Å²) in [6.07, 6.45) is 1.63. The van der Waals surface area contributed by atoms with Gasteiger partial charge in [-0.25, -0.2) is 4.39 Å². The van der Waals surface area contributed by atoms with E-state index in [0.717, 1.165) is 17.5 Å². The van der Waals surface area contributed by atoms with E-state index in [-0.39, 0.29) is 30.1 Å². The fraction of sp³-hybridized carbons (Fsp3) is 0.400. The number of carbonyl (C=O) groups excluding carboxylic acids is 3. The van der Waals surface area contributed by atoms with Crippen molar-refractivity contribution in [2.24, 2.45) is 0 Å². The van der Waals surface area contributed by atoms with Gasteiger partial charge in [-0.05, 0) is 30.5 Å². The highest BCUT2D eigenvalue weighted by molar-refractivity contribution is 5.91. The zero-order chi connectivity index (χ0) is 22.7. The minimum absolute atomic E-state index is 0.00264. The minimum atomic E-state index is -0.604. The molecule has 3 amide bonds. The zero-order valence-corrected chi connectivity index (χ0v) is 18.3. The van der Waals surface area contributed by atoms with Crippen molar-refractivity contribution in [1.29, 1.82) is 0 Å². The lowest BCUT2D eigenvalue weighted by atomic mass is 9.98. The summed E-state index contributed by atoms with van der Waals surface area (Å²) >= 11 is 0. The Kier molecular flexibility index (Phi) is 6.53. The van der Waals surface area contributed by atoms with Gasteiger partial charge in [0.2, 0.25) is 17.7 Å². The largest absolute Gasteiger partial charge is 0.339 e. The van der Waals surface area contributed by atoms with Gasteiger partial charge in [0.05, 0.1) is 6.54 Å². The van der Waals surface area contributed by atoms with Crippen LogP contribution < -0.4 is 0 Å². The molecule has 1 atom stereocenters. The predicted octanol–water partition coefficient (Wildman–Crippen LogP) is 2.72. The third kappa shape index (κ3) is 4.52. The van der Waals surface area contributed by atoms with Crippen molar-refractivity contribution in [2.75, 3.05) is 32.7 Å². The molecule has 1 unspecified atom stereocenters. The van der Waals surface area contributed by atoms with Crippen LogP contribution in [0.5, 0.6) is 0 Å². The van der Waals surface area contributed by atoms with E-state index in [0.29, 0.717) is 44.6 Å².